The molecule has 240 valence electrons. The summed E-state index contributed by atoms with van der Waals surface area (Å²) in [4.78, 5) is 34.9. The van der Waals surface area contributed by atoms with Gasteiger partial charge in [-0.15, -0.1) is 18.3 Å². The lowest BCUT2D eigenvalue weighted by Crippen LogP contribution is -2.31. The highest BCUT2D eigenvalue weighted by molar-refractivity contribution is 8.15. The summed E-state index contributed by atoms with van der Waals surface area (Å²) in [5.41, 5.74) is 2.67. The number of ether oxygens (including phenoxy) is 2. The Bertz CT molecular complexity index is 1810. The summed E-state index contributed by atoms with van der Waals surface area (Å²) in [6, 6.07) is 13.5. The summed E-state index contributed by atoms with van der Waals surface area (Å²) in [5, 5.41) is 6.95. The first-order chi connectivity index (χ1) is 21.6. The van der Waals surface area contributed by atoms with Crippen LogP contribution in [0, 0.1) is 13.8 Å². The van der Waals surface area contributed by atoms with Crippen molar-refractivity contribution in [3.8, 4) is 28.6 Å². The molecule has 0 radical (unpaired) electrons. The van der Waals surface area contributed by atoms with E-state index >= 15 is 0 Å². The second-order valence-electron chi connectivity index (χ2n) is 9.80. The van der Waals surface area contributed by atoms with Gasteiger partial charge in [-0.25, -0.2) is 14.5 Å². The van der Waals surface area contributed by atoms with Crippen molar-refractivity contribution in [1.29, 1.82) is 0 Å². The van der Waals surface area contributed by atoms with Gasteiger partial charge in [0.2, 0.25) is 5.91 Å². The molecule has 10 nitrogen and oxygen atoms in total. The zero-order valence-corrected chi connectivity index (χ0v) is 24.6. The van der Waals surface area contributed by atoms with Gasteiger partial charge in [0.1, 0.15) is 17.8 Å². The van der Waals surface area contributed by atoms with Gasteiger partial charge in [-0.05, 0) is 79.6 Å². The lowest BCUT2D eigenvalue weighted by Gasteiger charge is -2.21. The number of anilines is 2. The molecule has 0 atom stereocenters. The summed E-state index contributed by atoms with van der Waals surface area (Å²) >= 11 is 0.950. The van der Waals surface area contributed by atoms with Crippen LogP contribution in [0.25, 0.3) is 17.1 Å². The molecule has 1 fully saturated rings. The molecule has 5 rings (SSSR count). The van der Waals surface area contributed by atoms with Crippen LogP contribution in [0.3, 0.4) is 0 Å². The lowest BCUT2D eigenvalue weighted by molar-refractivity contribution is -0.274. The third-order valence-corrected chi connectivity index (χ3v) is 7.19. The molecule has 1 N–H and O–H groups in total. The molecule has 0 spiro atoms. The quantitative estimate of drug-likeness (QED) is 0.211. The van der Waals surface area contributed by atoms with Crippen molar-refractivity contribution >= 4 is 40.2 Å². The fourth-order valence-electron chi connectivity index (χ4n) is 4.26. The Morgan fingerprint density at radius 3 is 2.43 bits per heavy atom. The minimum Gasteiger partial charge on any atom is -0.482 e. The van der Waals surface area contributed by atoms with Crippen molar-refractivity contribution in [2.75, 3.05) is 22.6 Å². The zero-order valence-electron chi connectivity index (χ0n) is 23.8. The van der Waals surface area contributed by atoms with E-state index in [1.807, 2.05) is 0 Å². The number of urea groups is 1. The first-order valence-corrected chi connectivity index (χ1v) is 14.2. The van der Waals surface area contributed by atoms with Gasteiger partial charge in [-0.3, -0.25) is 9.69 Å². The van der Waals surface area contributed by atoms with E-state index in [9.17, 15) is 35.9 Å². The van der Waals surface area contributed by atoms with Crippen LogP contribution in [0.15, 0.2) is 72.0 Å². The summed E-state index contributed by atoms with van der Waals surface area (Å²) in [6.07, 6.45) is -8.02. The standard InChI is InChI=1S/C29H22F6N6O4S/c1-16-3-10-23(44-14-28(30,31)32)22(11-16)41-24(42)13-46-27(41)38-26(43)37-21-9-4-18(12-17(21)2)25-36-15-40(39-25)19-5-7-20(8-6-19)45-29(33,34)35/h3-12,15H,13-14H2,1-2H3,(H,37,43)/b38-27-. The molecule has 17 heteroatoms. The van der Waals surface area contributed by atoms with Gasteiger partial charge in [0.15, 0.2) is 17.6 Å². The minimum atomic E-state index is -4.81. The molecule has 2 heterocycles. The van der Waals surface area contributed by atoms with Gasteiger partial charge in [0.05, 0.1) is 17.1 Å². The van der Waals surface area contributed by atoms with E-state index in [4.69, 9.17) is 4.74 Å². The smallest absolute Gasteiger partial charge is 0.482 e. The lowest BCUT2D eigenvalue weighted by atomic mass is 10.1. The molecule has 46 heavy (non-hydrogen) atoms. The van der Waals surface area contributed by atoms with Crippen LogP contribution in [0.4, 0.5) is 42.5 Å². The topological polar surface area (TPSA) is 111 Å². The fraction of sp³-hybridized carbons (Fsp3) is 0.207. The maximum absolute atomic E-state index is 12.9. The predicted molar refractivity (Wildman–Crippen MR) is 157 cm³/mol. The maximum Gasteiger partial charge on any atom is 0.573 e. The molecule has 0 saturated carbocycles. The van der Waals surface area contributed by atoms with Crippen LogP contribution in [0.1, 0.15) is 11.1 Å². The van der Waals surface area contributed by atoms with Crippen molar-refractivity contribution in [1.82, 2.24) is 14.8 Å². The summed E-state index contributed by atoms with van der Waals surface area (Å²) < 4.78 is 85.9. The molecule has 3 aromatic carbocycles. The second kappa shape index (κ2) is 12.7. The number of amidine groups is 1. The molecule has 1 aliphatic rings. The summed E-state index contributed by atoms with van der Waals surface area (Å²) in [7, 11) is 0. The first-order valence-electron chi connectivity index (χ1n) is 13.2. The van der Waals surface area contributed by atoms with E-state index in [-0.39, 0.29) is 28.1 Å². The Morgan fingerprint density at radius 2 is 1.76 bits per heavy atom. The molecule has 1 aromatic heterocycles. The zero-order chi connectivity index (χ0) is 33.2. The van der Waals surface area contributed by atoms with Crippen LogP contribution in [-0.4, -0.2) is 56.8 Å². The van der Waals surface area contributed by atoms with Gasteiger partial charge in [-0.1, -0.05) is 17.8 Å². The van der Waals surface area contributed by atoms with Gasteiger partial charge >= 0.3 is 18.6 Å². The maximum atomic E-state index is 12.9. The molecule has 4 aromatic rings. The number of hydrogen-bond donors (Lipinski definition) is 1. The number of aliphatic imine (C=N–C) groups is 1. The Balaban J connectivity index is 1.30. The van der Waals surface area contributed by atoms with Gasteiger partial charge in [0.25, 0.3) is 0 Å². The van der Waals surface area contributed by atoms with Crippen LogP contribution in [0.5, 0.6) is 11.5 Å². The summed E-state index contributed by atoms with van der Waals surface area (Å²) in [6.45, 7) is 1.83. The van der Waals surface area contributed by atoms with Crippen LogP contribution in [0.2, 0.25) is 0 Å². The van der Waals surface area contributed by atoms with Crippen molar-refractivity contribution in [2.45, 2.75) is 26.4 Å². The van der Waals surface area contributed by atoms with Crippen molar-refractivity contribution in [3.63, 3.8) is 0 Å². The highest BCUT2D eigenvalue weighted by Crippen LogP contribution is 2.36. The number of aryl methyl sites for hydroxylation is 2. The largest absolute Gasteiger partial charge is 0.573 e. The number of halogens is 6. The Labute approximate surface area is 261 Å². The van der Waals surface area contributed by atoms with Crippen LogP contribution < -0.4 is 19.7 Å². The number of nitrogens with zero attached hydrogens (tertiary/aromatic N) is 5. The SMILES string of the molecule is Cc1ccc(OCC(F)(F)F)c(N2C(=O)CS/C2=N\C(=O)Nc2ccc(-c3ncn(-c4ccc(OC(F)(F)F)cc4)n3)cc2C)c1. The third-order valence-electron chi connectivity index (χ3n) is 6.26. The molecule has 1 saturated heterocycles. The Morgan fingerprint density at radius 1 is 1.02 bits per heavy atom. The number of aromatic nitrogens is 3. The van der Waals surface area contributed by atoms with E-state index in [2.05, 4.69) is 25.1 Å². The molecule has 0 bridgehead atoms. The highest BCUT2D eigenvalue weighted by Gasteiger charge is 2.35. The van der Waals surface area contributed by atoms with Crippen molar-refractivity contribution in [2.24, 2.45) is 4.99 Å². The van der Waals surface area contributed by atoms with Gasteiger partial charge in [-0.2, -0.15) is 18.2 Å². The fourth-order valence-corrected chi connectivity index (χ4v) is 5.12. The van der Waals surface area contributed by atoms with Gasteiger partial charge in [0, 0.05) is 11.3 Å². The van der Waals surface area contributed by atoms with E-state index < -0.39 is 31.1 Å². The Hall–Kier alpha value is -5.06. The number of carbonyl (C=O) groups is 2. The van der Waals surface area contributed by atoms with E-state index in [0.29, 0.717) is 33.9 Å². The number of alkyl halides is 6. The van der Waals surface area contributed by atoms with Crippen molar-refractivity contribution < 1.29 is 45.4 Å². The van der Waals surface area contributed by atoms with Gasteiger partial charge < -0.3 is 14.8 Å². The number of nitrogens with one attached hydrogen (secondary N) is 1. The number of thioether (sulfide) groups is 1. The average molecular weight is 665 g/mol. The summed E-state index contributed by atoms with van der Waals surface area (Å²) in [5.74, 6) is -0.845. The number of benzene rings is 3. The molecular formula is C29H22F6N6O4S. The highest BCUT2D eigenvalue weighted by atomic mass is 32.2. The van der Waals surface area contributed by atoms with E-state index in [1.54, 1.807) is 32.0 Å². The number of amides is 3. The molecule has 0 unspecified atom stereocenters. The molecule has 3 amide bonds. The molecule has 1 aliphatic heterocycles. The number of rotatable bonds is 7. The van der Waals surface area contributed by atoms with Crippen molar-refractivity contribution in [3.05, 3.63) is 78.1 Å². The molecule has 0 aliphatic carbocycles. The van der Waals surface area contributed by atoms with Crippen LogP contribution in [-0.2, 0) is 4.79 Å². The number of carbonyl (C=O) groups excluding carboxylic acids is 2. The van der Waals surface area contributed by atoms with E-state index in [1.165, 1.54) is 41.3 Å². The minimum absolute atomic E-state index is 0.0313. The second-order valence-corrected chi connectivity index (χ2v) is 10.7. The average Bonchev–Trinajstić information content (AvgIpc) is 3.59. The first kappa shape index (κ1) is 32.3. The normalized spacial score (nSPS) is 14.6. The number of hydrogen-bond acceptors (Lipinski definition) is 7. The molecular weight excluding hydrogens is 642 g/mol. The monoisotopic (exact) mass is 664 g/mol. The third kappa shape index (κ3) is 7.96. The Kier molecular flexibility index (Phi) is 8.96. The van der Waals surface area contributed by atoms with Crippen LogP contribution >= 0.6 is 11.8 Å². The van der Waals surface area contributed by atoms with E-state index in [0.717, 1.165) is 28.8 Å². The predicted octanol–water partition coefficient (Wildman–Crippen LogP) is 7.06.